The molecule has 0 amide bonds. The van der Waals surface area contributed by atoms with Gasteiger partial charge in [-0.25, -0.2) is 0 Å². The van der Waals surface area contributed by atoms with Crippen LogP contribution in [-0.4, -0.2) is 15.5 Å². The maximum atomic E-state index is 9.75. The third kappa shape index (κ3) is 10.2. The first-order chi connectivity index (χ1) is 3.27. The summed E-state index contributed by atoms with van der Waals surface area (Å²) >= 11 is 2.16. The molecule has 0 rings (SSSR count). The topological polar surface area (TPSA) is 37.3 Å². The minimum absolute atomic E-state index is 0. The smallest absolute Gasteiger partial charge is 1.00 e. The van der Waals surface area contributed by atoms with Crippen molar-refractivity contribution in [3.05, 3.63) is 0 Å². The summed E-state index contributed by atoms with van der Waals surface area (Å²) in [6, 6.07) is 0. The van der Waals surface area contributed by atoms with Crippen LogP contribution < -0.4 is 29.6 Å². The monoisotopic (exact) mass is 238 g/mol. The van der Waals surface area contributed by atoms with Gasteiger partial charge in [0, 0.05) is 10.8 Å². The van der Waals surface area contributed by atoms with Crippen LogP contribution in [-0.2, 0) is 4.79 Å². The van der Waals surface area contributed by atoms with Crippen molar-refractivity contribution in [2.75, 3.05) is 4.43 Å². The van der Waals surface area contributed by atoms with Gasteiger partial charge >= 0.3 is 35.5 Å². The first-order valence-corrected chi connectivity index (χ1v) is 3.57. The fourth-order valence-electron chi connectivity index (χ4n) is 0.218. The number of hydrogen-bond donors (Lipinski definition) is 1. The van der Waals surface area contributed by atoms with Gasteiger partial charge in [-0.15, -0.1) is 0 Å². The van der Waals surface area contributed by atoms with Crippen LogP contribution in [0.4, 0.5) is 0 Å². The molecule has 0 aromatic heterocycles. The molecule has 0 saturated carbocycles. The molecule has 0 saturated heterocycles. The molecule has 0 unspecified atom stereocenters. The van der Waals surface area contributed by atoms with E-state index in [1.54, 1.807) is 0 Å². The van der Waals surface area contributed by atoms with E-state index in [0.717, 1.165) is 10.8 Å². The Balaban J connectivity index is -0.000000180. The summed E-state index contributed by atoms with van der Waals surface area (Å²) < 4.78 is 0.935. The summed E-state index contributed by atoms with van der Waals surface area (Å²) in [5.41, 5.74) is 0. The molecule has 0 fully saturated rings. The van der Waals surface area contributed by atoms with Crippen LogP contribution >= 0.6 is 22.6 Å². The molecule has 0 atom stereocenters. The number of carboxylic acid groups (broad SMARTS) is 1. The SMILES string of the molecule is O=C(O)CCCI.[H-].[Na+]. The van der Waals surface area contributed by atoms with Crippen molar-refractivity contribution >= 4 is 28.6 Å². The van der Waals surface area contributed by atoms with Crippen molar-refractivity contribution in [2.24, 2.45) is 0 Å². The van der Waals surface area contributed by atoms with E-state index in [9.17, 15) is 4.79 Å². The van der Waals surface area contributed by atoms with Gasteiger partial charge in [0.2, 0.25) is 0 Å². The van der Waals surface area contributed by atoms with Gasteiger partial charge in [0.15, 0.2) is 0 Å². The Morgan fingerprint density at radius 2 is 2.25 bits per heavy atom. The Hall–Kier alpha value is 1.20. The quantitative estimate of drug-likeness (QED) is 0.365. The number of alkyl halides is 1. The number of hydrogen-bond acceptors (Lipinski definition) is 1. The van der Waals surface area contributed by atoms with Crippen LogP contribution in [0, 0.1) is 0 Å². The summed E-state index contributed by atoms with van der Waals surface area (Å²) in [7, 11) is 0. The Kier molecular flexibility index (Phi) is 12.2. The van der Waals surface area contributed by atoms with Crippen molar-refractivity contribution in [1.82, 2.24) is 0 Å². The maximum Gasteiger partial charge on any atom is 1.00 e. The van der Waals surface area contributed by atoms with E-state index in [-0.39, 0.29) is 31.0 Å². The zero-order valence-corrected chi connectivity index (χ0v) is 9.01. The van der Waals surface area contributed by atoms with E-state index in [4.69, 9.17) is 5.11 Å². The molecule has 4 heteroatoms. The predicted octanol–water partition coefficient (Wildman–Crippen LogP) is -1.60. The van der Waals surface area contributed by atoms with Crippen LogP contribution in [0.25, 0.3) is 0 Å². The van der Waals surface area contributed by atoms with Gasteiger partial charge in [-0.05, 0) is 6.42 Å². The third-order valence-electron chi connectivity index (χ3n) is 0.524. The standard InChI is InChI=1S/C4H7IO2.Na.H/c5-3-1-2-4(6)7;;/h1-3H2,(H,6,7);;/q;+1;-1. The average molecular weight is 238 g/mol. The summed E-state index contributed by atoms with van der Waals surface area (Å²) in [5, 5.41) is 8.04. The summed E-state index contributed by atoms with van der Waals surface area (Å²) in [4.78, 5) is 9.75. The number of halogens is 1. The normalized spacial score (nSPS) is 7.62. The van der Waals surface area contributed by atoms with Crippen LogP contribution in [0.2, 0.25) is 0 Å². The van der Waals surface area contributed by atoms with E-state index in [1.807, 2.05) is 0 Å². The van der Waals surface area contributed by atoms with Crippen molar-refractivity contribution < 1.29 is 40.9 Å². The molecule has 1 N–H and O–H groups in total. The van der Waals surface area contributed by atoms with Gasteiger partial charge in [-0.3, -0.25) is 4.79 Å². The fraction of sp³-hybridized carbons (Fsp3) is 0.750. The zero-order chi connectivity index (χ0) is 5.70. The molecule has 0 aliphatic rings. The number of rotatable bonds is 3. The van der Waals surface area contributed by atoms with Gasteiger partial charge in [-0.2, -0.15) is 0 Å². The fourth-order valence-corrected chi connectivity index (χ4v) is 0.599. The van der Waals surface area contributed by atoms with Crippen LogP contribution in [0.5, 0.6) is 0 Å². The molecule has 0 heterocycles. The molecule has 0 aromatic rings. The summed E-state index contributed by atoms with van der Waals surface area (Å²) in [6.07, 6.45) is 1.10. The molecule has 0 aliphatic heterocycles. The van der Waals surface area contributed by atoms with E-state index in [0.29, 0.717) is 6.42 Å². The maximum absolute atomic E-state index is 9.75. The van der Waals surface area contributed by atoms with Crippen LogP contribution in [0.15, 0.2) is 0 Å². The molecule has 0 bridgehead atoms. The number of aliphatic carboxylic acids is 1. The number of carbonyl (C=O) groups is 1. The molecule has 0 aromatic carbocycles. The van der Waals surface area contributed by atoms with Crippen LogP contribution in [0.3, 0.4) is 0 Å². The second-order valence-corrected chi connectivity index (χ2v) is 2.27. The minimum atomic E-state index is -0.698. The van der Waals surface area contributed by atoms with Gasteiger partial charge in [-0.1, -0.05) is 22.6 Å². The molecule has 2 nitrogen and oxygen atoms in total. The molecule has 0 aliphatic carbocycles. The molecule has 8 heavy (non-hydrogen) atoms. The minimum Gasteiger partial charge on any atom is -1.00 e. The van der Waals surface area contributed by atoms with Gasteiger partial charge in [0.05, 0.1) is 0 Å². The number of carboxylic acids is 1. The van der Waals surface area contributed by atoms with Crippen molar-refractivity contribution in [1.29, 1.82) is 0 Å². The molecule has 0 radical (unpaired) electrons. The Morgan fingerprint density at radius 1 is 1.75 bits per heavy atom. The van der Waals surface area contributed by atoms with Gasteiger partial charge < -0.3 is 6.53 Å². The first-order valence-electron chi connectivity index (χ1n) is 2.05. The second-order valence-electron chi connectivity index (χ2n) is 1.19. The van der Waals surface area contributed by atoms with Crippen molar-refractivity contribution in [3.8, 4) is 0 Å². The summed E-state index contributed by atoms with van der Waals surface area (Å²) in [5.74, 6) is -0.698. The molecule has 0 spiro atoms. The Bertz CT molecular complexity index is 71.6. The largest absolute Gasteiger partial charge is 1.00 e. The first kappa shape index (κ1) is 11.9. The average Bonchev–Trinajstić information content (AvgIpc) is 1.61. The van der Waals surface area contributed by atoms with E-state index < -0.39 is 5.97 Å². The molecular formula is C4H8INaO2. The Labute approximate surface area is 85.9 Å². The van der Waals surface area contributed by atoms with Crippen molar-refractivity contribution in [2.45, 2.75) is 12.8 Å². The second kappa shape index (κ2) is 8.20. The zero-order valence-electron chi connectivity index (χ0n) is 5.85. The Morgan fingerprint density at radius 3 is 2.38 bits per heavy atom. The summed E-state index contributed by atoms with van der Waals surface area (Å²) in [6.45, 7) is 0. The van der Waals surface area contributed by atoms with E-state index in [2.05, 4.69) is 22.6 Å². The molecule has 44 valence electrons. The van der Waals surface area contributed by atoms with E-state index >= 15 is 0 Å². The van der Waals surface area contributed by atoms with Crippen LogP contribution in [0.1, 0.15) is 14.3 Å². The predicted molar refractivity (Wildman–Crippen MR) is 36.9 cm³/mol. The van der Waals surface area contributed by atoms with E-state index in [1.165, 1.54) is 0 Å². The molecular weight excluding hydrogens is 230 g/mol. The van der Waals surface area contributed by atoms with Gasteiger partial charge in [0.1, 0.15) is 0 Å². The third-order valence-corrected chi connectivity index (χ3v) is 1.29. The van der Waals surface area contributed by atoms with Gasteiger partial charge in [0.25, 0.3) is 0 Å². The van der Waals surface area contributed by atoms with Crippen molar-refractivity contribution in [3.63, 3.8) is 0 Å².